The lowest BCUT2D eigenvalue weighted by Crippen LogP contribution is -2.43. The zero-order valence-electron chi connectivity index (χ0n) is 22.2. The first kappa shape index (κ1) is 27.4. The van der Waals surface area contributed by atoms with Gasteiger partial charge >= 0.3 is 6.18 Å². The minimum absolute atomic E-state index is 0.130. The van der Waals surface area contributed by atoms with Crippen molar-refractivity contribution in [2.45, 2.75) is 61.8 Å². The van der Waals surface area contributed by atoms with E-state index < -0.39 is 17.6 Å². The largest absolute Gasteiger partial charge is 0.467 e. The van der Waals surface area contributed by atoms with Gasteiger partial charge in [0.1, 0.15) is 5.76 Å². The number of nitrogens with zero attached hydrogens (tertiary/aromatic N) is 2. The Morgan fingerprint density at radius 3 is 2.54 bits per heavy atom. The molecule has 6 nitrogen and oxygen atoms in total. The molecule has 4 aromatic rings. The van der Waals surface area contributed by atoms with E-state index in [9.17, 15) is 22.8 Å². The first-order valence-corrected chi connectivity index (χ1v) is 14.6. The van der Waals surface area contributed by atoms with Crippen molar-refractivity contribution in [1.29, 1.82) is 0 Å². The smallest absolute Gasteiger partial charge is 0.418 e. The van der Waals surface area contributed by atoms with Gasteiger partial charge in [0.2, 0.25) is 5.91 Å². The van der Waals surface area contributed by atoms with E-state index in [2.05, 4.69) is 11.4 Å². The normalized spacial score (nSPS) is 15.8. The Bertz CT molecular complexity index is 1640. The number of thioether (sulfide) groups is 1. The number of aromatic nitrogens is 2. The molecule has 10 heteroatoms. The molecule has 2 aromatic heterocycles. The number of furan rings is 1. The number of carbonyl (C=O) groups excluding carboxylic acids is 1. The molecule has 0 unspecified atom stereocenters. The van der Waals surface area contributed by atoms with Crippen LogP contribution in [0.3, 0.4) is 0 Å². The lowest BCUT2D eigenvalue weighted by Gasteiger charge is -2.42. The fourth-order valence-corrected chi connectivity index (χ4v) is 6.98. The number of amides is 1. The van der Waals surface area contributed by atoms with Crippen molar-refractivity contribution in [1.82, 2.24) is 9.55 Å². The van der Waals surface area contributed by atoms with Gasteiger partial charge in [-0.3, -0.25) is 14.2 Å². The maximum Gasteiger partial charge on any atom is 0.418 e. The Morgan fingerprint density at radius 1 is 1.02 bits per heavy atom. The number of hydrogen-bond acceptors (Lipinski definition) is 5. The van der Waals surface area contributed by atoms with Crippen LogP contribution in [0.15, 0.2) is 81.3 Å². The third kappa shape index (κ3) is 5.32. The minimum atomic E-state index is -4.61. The third-order valence-electron chi connectivity index (χ3n) is 8.01. The van der Waals surface area contributed by atoms with Crippen molar-refractivity contribution in [3.05, 3.63) is 99.7 Å². The standard InChI is InChI=1S/C31H28F3N3O3S/c32-31(33,34)23-12-4-5-13-24(23)35-25(38)19-41-29-36-27-22-11-3-2-9-20(22)17-30(14-6-1-7-15-30)26(27)28(39)37(29)18-21-10-8-16-40-21/h2-5,8-13,16H,1,6-7,14-15,17-19H2,(H,35,38). The zero-order chi connectivity index (χ0) is 28.6. The molecule has 2 heterocycles. The molecular formula is C31H28F3N3O3S. The molecule has 1 amide bonds. The van der Waals surface area contributed by atoms with Gasteiger partial charge in [-0.1, -0.05) is 67.4 Å². The van der Waals surface area contributed by atoms with Crippen LogP contribution in [0.4, 0.5) is 18.9 Å². The Kier molecular flexibility index (Phi) is 7.27. The molecule has 0 atom stereocenters. The van der Waals surface area contributed by atoms with Crippen molar-refractivity contribution < 1.29 is 22.4 Å². The molecule has 1 saturated carbocycles. The summed E-state index contributed by atoms with van der Waals surface area (Å²) in [6.07, 6.45) is 2.71. The summed E-state index contributed by atoms with van der Waals surface area (Å²) >= 11 is 1.02. The number of benzene rings is 2. The highest BCUT2D eigenvalue weighted by atomic mass is 32.2. The third-order valence-corrected chi connectivity index (χ3v) is 8.99. The van der Waals surface area contributed by atoms with Crippen molar-refractivity contribution in [3.63, 3.8) is 0 Å². The summed E-state index contributed by atoms with van der Waals surface area (Å²) in [5, 5.41) is 2.69. The molecule has 0 radical (unpaired) electrons. The average molecular weight is 580 g/mol. The maximum atomic E-state index is 14.4. The SMILES string of the molecule is O=C(CSc1nc2c(c(=O)n1Cc1ccco1)C1(CCCCC1)Cc1ccccc1-2)Nc1ccccc1C(F)(F)F. The van der Waals surface area contributed by atoms with Crippen LogP contribution in [-0.2, 0) is 29.4 Å². The second-order valence-corrected chi connectivity index (χ2v) is 11.6. The molecule has 2 aliphatic rings. The molecule has 212 valence electrons. The molecule has 2 aliphatic carbocycles. The Hall–Kier alpha value is -3.79. The van der Waals surface area contributed by atoms with Crippen molar-refractivity contribution in [2.75, 3.05) is 11.1 Å². The van der Waals surface area contributed by atoms with Gasteiger partial charge in [-0.15, -0.1) is 0 Å². The molecule has 1 fully saturated rings. The highest BCUT2D eigenvalue weighted by molar-refractivity contribution is 7.99. The van der Waals surface area contributed by atoms with E-state index in [1.807, 2.05) is 18.2 Å². The van der Waals surface area contributed by atoms with Crippen LogP contribution in [-0.4, -0.2) is 21.2 Å². The Balaban J connectivity index is 1.39. The van der Waals surface area contributed by atoms with Gasteiger partial charge in [-0.2, -0.15) is 13.2 Å². The van der Waals surface area contributed by atoms with Crippen LogP contribution in [0.5, 0.6) is 0 Å². The van der Waals surface area contributed by atoms with Gasteiger partial charge < -0.3 is 9.73 Å². The van der Waals surface area contributed by atoms with Crippen molar-refractivity contribution in [3.8, 4) is 11.3 Å². The lowest BCUT2D eigenvalue weighted by atomic mass is 9.62. The number of carbonyl (C=O) groups is 1. The predicted molar refractivity (Wildman–Crippen MR) is 151 cm³/mol. The minimum Gasteiger partial charge on any atom is -0.467 e. The van der Waals surface area contributed by atoms with Gasteiger partial charge in [0, 0.05) is 11.0 Å². The first-order valence-electron chi connectivity index (χ1n) is 13.6. The predicted octanol–water partition coefficient (Wildman–Crippen LogP) is 7.06. The quantitative estimate of drug-likeness (QED) is 0.196. The fraction of sp³-hybridized carbons (Fsp3) is 0.323. The molecule has 1 spiro atoms. The van der Waals surface area contributed by atoms with E-state index in [-0.39, 0.29) is 29.0 Å². The van der Waals surface area contributed by atoms with Crippen molar-refractivity contribution >= 4 is 23.4 Å². The second kappa shape index (κ2) is 10.9. The van der Waals surface area contributed by atoms with E-state index in [0.29, 0.717) is 16.6 Å². The molecule has 1 N–H and O–H groups in total. The van der Waals surface area contributed by atoms with Crippen LogP contribution >= 0.6 is 11.8 Å². The van der Waals surface area contributed by atoms with Crippen LogP contribution in [0, 0.1) is 0 Å². The summed E-state index contributed by atoms with van der Waals surface area (Å²) in [7, 11) is 0. The van der Waals surface area contributed by atoms with Crippen LogP contribution in [0.25, 0.3) is 11.3 Å². The summed E-state index contributed by atoms with van der Waals surface area (Å²) in [5.74, 6) is -0.303. The molecule has 6 rings (SSSR count). The van der Waals surface area contributed by atoms with Gasteiger partial charge in [-0.25, -0.2) is 4.98 Å². The van der Waals surface area contributed by atoms with Crippen LogP contribution in [0.1, 0.15) is 54.6 Å². The molecular weight excluding hydrogens is 551 g/mol. The average Bonchev–Trinajstić information content (AvgIpc) is 3.47. The van der Waals surface area contributed by atoms with Gasteiger partial charge in [0.15, 0.2) is 5.16 Å². The monoisotopic (exact) mass is 579 g/mol. The second-order valence-electron chi connectivity index (χ2n) is 10.6. The molecule has 0 aliphatic heterocycles. The maximum absolute atomic E-state index is 14.4. The number of hydrogen-bond donors (Lipinski definition) is 1. The van der Waals surface area contributed by atoms with E-state index in [1.165, 1.54) is 24.5 Å². The highest BCUT2D eigenvalue weighted by Gasteiger charge is 2.43. The summed E-state index contributed by atoms with van der Waals surface area (Å²) in [6, 6.07) is 16.3. The number of fused-ring (bicyclic) bond motifs is 4. The summed E-state index contributed by atoms with van der Waals surface area (Å²) in [4.78, 5) is 32.3. The fourth-order valence-electron chi connectivity index (χ4n) is 6.19. The van der Waals surface area contributed by atoms with Crippen LogP contribution < -0.4 is 10.9 Å². The summed E-state index contributed by atoms with van der Waals surface area (Å²) in [5.41, 5.74) is 1.71. The summed E-state index contributed by atoms with van der Waals surface area (Å²) in [6.45, 7) is 0.130. The Morgan fingerprint density at radius 2 is 1.78 bits per heavy atom. The zero-order valence-corrected chi connectivity index (χ0v) is 23.0. The van der Waals surface area contributed by atoms with E-state index in [1.54, 1.807) is 16.7 Å². The topological polar surface area (TPSA) is 77.1 Å². The number of halogens is 3. The highest BCUT2D eigenvalue weighted by Crippen LogP contribution is 2.49. The van der Waals surface area contributed by atoms with Crippen LogP contribution in [0.2, 0.25) is 0 Å². The van der Waals surface area contributed by atoms with E-state index in [4.69, 9.17) is 9.40 Å². The molecule has 2 aromatic carbocycles. The number of nitrogens with one attached hydrogen (secondary N) is 1. The number of para-hydroxylation sites is 1. The van der Waals surface area contributed by atoms with Crippen molar-refractivity contribution in [2.24, 2.45) is 0 Å². The lowest BCUT2D eigenvalue weighted by molar-refractivity contribution is -0.137. The Labute approximate surface area is 239 Å². The van der Waals surface area contributed by atoms with E-state index in [0.717, 1.165) is 73.0 Å². The number of anilines is 1. The van der Waals surface area contributed by atoms with E-state index >= 15 is 0 Å². The van der Waals surface area contributed by atoms with Gasteiger partial charge in [0.05, 0.1) is 41.1 Å². The number of alkyl halides is 3. The molecule has 41 heavy (non-hydrogen) atoms. The first-order chi connectivity index (χ1) is 19.7. The summed E-state index contributed by atoms with van der Waals surface area (Å²) < 4.78 is 47.4. The number of rotatable bonds is 6. The molecule has 0 saturated heterocycles. The molecule has 0 bridgehead atoms. The van der Waals surface area contributed by atoms with Gasteiger partial charge in [0.25, 0.3) is 5.56 Å². The van der Waals surface area contributed by atoms with Gasteiger partial charge in [-0.05, 0) is 49.1 Å².